The summed E-state index contributed by atoms with van der Waals surface area (Å²) in [5.41, 5.74) is 7.06. The maximum atomic E-state index is 13.0. The molecular formula is C15H23BrN2O2S. The lowest BCUT2D eigenvalue weighted by Crippen LogP contribution is -2.41. The van der Waals surface area contributed by atoms with Crippen molar-refractivity contribution < 1.29 is 8.42 Å². The number of benzene rings is 1. The van der Waals surface area contributed by atoms with Crippen LogP contribution in [0.25, 0.3) is 0 Å². The molecule has 1 aromatic rings. The Hall–Kier alpha value is -0.590. The Morgan fingerprint density at radius 3 is 2.48 bits per heavy atom. The zero-order valence-electron chi connectivity index (χ0n) is 12.6. The van der Waals surface area contributed by atoms with Crippen molar-refractivity contribution >= 4 is 31.6 Å². The van der Waals surface area contributed by atoms with Crippen LogP contribution in [-0.4, -0.2) is 25.3 Å². The standard InChI is InChI=1S/C15H23BrN2O2S/c1-3-18(13-7-5-4-6-8-13)21(19,20)15-10-12(16)9-14(17)11(15)2/h9-10,13H,3-8,17H2,1-2H3. The summed E-state index contributed by atoms with van der Waals surface area (Å²) in [6, 6.07) is 3.52. The summed E-state index contributed by atoms with van der Waals surface area (Å²) in [5.74, 6) is 0. The van der Waals surface area contributed by atoms with Crippen LogP contribution < -0.4 is 5.73 Å². The summed E-state index contributed by atoms with van der Waals surface area (Å²) < 4.78 is 28.4. The number of sulfonamides is 1. The molecule has 2 N–H and O–H groups in total. The second-order valence-electron chi connectivity index (χ2n) is 5.62. The van der Waals surface area contributed by atoms with Gasteiger partial charge in [0.25, 0.3) is 0 Å². The van der Waals surface area contributed by atoms with Gasteiger partial charge in [-0.15, -0.1) is 0 Å². The molecule has 0 heterocycles. The van der Waals surface area contributed by atoms with Crippen molar-refractivity contribution in [3.63, 3.8) is 0 Å². The maximum absolute atomic E-state index is 13.0. The normalized spacial score (nSPS) is 17.3. The van der Waals surface area contributed by atoms with E-state index in [-0.39, 0.29) is 6.04 Å². The van der Waals surface area contributed by atoms with Crippen molar-refractivity contribution in [3.8, 4) is 0 Å². The fraction of sp³-hybridized carbons (Fsp3) is 0.600. The molecule has 0 saturated heterocycles. The second kappa shape index (κ2) is 6.67. The SMILES string of the molecule is CCN(C1CCCCC1)S(=O)(=O)c1cc(Br)cc(N)c1C. The van der Waals surface area contributed by atoms with Crippen LogP contribution in [0, 0.1) is 6.92 Å². The molecule has 21 heavy (non-hydrogen) atoms. The Labute approximate surface area is 135 Å². The molecule has 2 rings (SSSR count). The van der Waals surface area contributed by atoms with Crippen LogP contribution in [0.2, 0.25) is 0 Å². The predicted molar refractivity (Wildman–Crippen MR) is 89.7 cm³/mol. The number of nitrogens with two attached hydrogens (primary N) is 1. The van der Waals surface area contributed by atoms with Crippen molar-refractivity contribution in [1.82, 2.24) is 4.31 Å². The molecule has 6 heteroatoms. The van der Waals surface area contributed by atoms with Crippen molar-refractivity contribution in [2.45, 2.75) is 56.9 Å². The van der Waals surface area contributed by atoms with Crippen LogP contribution >= 0.6 is 15.9 Å². The summed E-state index contributed by atoms with van der Waals surface area (Å²) in [7, 11) is -3.50. The Kier molecular flexibility index (Phi) is 5.33. The van der Waals surface area contributed by atoms with E-state index in [1.54, 1.807) is 23.4 Å². The molecule has 1 aromatic carbocycles. The van der Waals surface area contributed by atoms with Gasteiger partial charge in [-0.1, -0.05) is 42.1 Å². The van der Waals surface area contributed by atoms with E-state index in [2.05, 4.69) is 15.9 Å². The van der Waals surface area contributed by atoms with E-state index < -0.39 is 10.0 Å². The van der Waals surface area contributed by atoms with E-state index in [0.717, 1.165) is 25.7 Å². The Morgan fingerprint density at radius 2 is 1.90 bits per heavy atom. The molecule has 0 atom stereocenters. The largest absolute Gasteiger partial charge is 0.398 e. The zero-order chi connectivity index (χ0) is 15.6. The van der Waals surface area contributed by atoms with Gasteiger partial charge in [0, 0.05) is 22.7 Å². The van der Waals surface area contributed by atoms with Gasteiger partial charge in [0.1, 0.15) is 0 Å². The monoisotopic (exact) mass is 374 g/mol. The van der Waals surface area contributed by atoms with Gasteiger partial charge in [0.15, 0.2) is 0 Å². The van der Waals surface area contributed by atoms with Crippen molar-refractivity contribution in [2.75, 3.05) is 12.3 Å². The fourth-order valence-electron chi connectivity index (χ4n) is 3.06. The molecule has 118 valence electrons. The van der Waals surface area contributed by atoms with E-state index in [1.807, 2.05) is 6.92 Å². The minimum Gasteiger partial charge on any atom is -0.398 e. The second-order valence-corrected chi connectivity index (χ2v) is 8.39. The first kappa shape index (κ1) is 16.8. The van der Waals surface area contributed by atoms with Gasteiger partial charge in [0.05, 0.1) is 4.90 Å². The molecule has 0 bridgehead atoms. The van der Waals surface area contributed by atoms with Crippen molar-refractivity contribution in [2.24, 2.45) is 0 Å². The average Bonchev–Trinajstić information content (AvgIpc) is 2.44. The van der Waals surface area contributed by atoms with E-state index in [4.69, 9.17) is 5.73 Å². The van der Waals surface area contributed by atoms with Gasteiger partial charge >= 0.3 is 0 Å². The summed E-state index contributed by atoms with van der Waals surface area (Å²) in [5, 5.41) is 0. The molecule has 1 saturated carbocycles. The molecule has 0 aromatic heterocycles. The number of halogens is 1. The molecule has 0 spiro atoms. The number of rotatable bonds is 4. The van der Waals surface area contributed by atoms with E-state index in [0.29, 0.717) is 27.2 Å². The van der Waals surface area contributed by atoms with Crippen LogP contribution in [0.4, 0.5) is 5.69 Å². The third-order valence-electron chi connectivity index (χ3n) is 4.25. The number of anilines is 1. The highest BCUT2D eigenvalue weighted by Gasteiger charge is 2.32. The highest BCUT2D eigenvalue weighted by Crippen LogP contribution is 2.32. The number of hydrogen-bond acceptors (Lipinski definition) is 3. The van der Waals surface area contributed by atoms with Crippen LogP contribution in [0.5, 0.6) is 0 Å². The summed E-state index contributed by atoms with van der Waals surface area (Å²) >= 11 is 3.34. The smallest absolute Gasteiger partial charge is 0.243 e. The zero-order valence-corrected chi connectivity index (χ0v) is 15.0. The molecular weight excluding hydrogens is 352 g/mol. The van der Waals surface area contributed by atoms with Gasteiger partial charge in [0.2, 0.25) is 10.0 Å². The first-order valence-electron chi connectivity index (χ1n) is 7.45. The Morgan fingerprint density at radius 1 is 1.29 bits per heavy atom. The molecule has 0 aliphatic heterocycles. The van der Waals surface area contributed by atoms with Gasteiger partial charge in [-0.3, -0.25) is 0 Å². The topological polar surface area (TPSA) is 63.4 Å². The third-order valence-corrected chi connectivity index (χ3v) is 6.86. The Balaban J connectivity index is 2.44. The summed E-state index contributed by atoms with van der Waals surface area (Å²) in [6.07, 6.45) is 5.33. The van der Waals surface area contributed by atoms with Crippen LogP contribution in [0.3, 0.4) is 0 Å². The molecule has 1 aliphatic carbocycles. The lowest BCUT2D eigenvalue weighted by atomic mass is 9.95. The molecule has 0 unspecified atom stereocenters. The average molecular weight is 375 g/mol. The highest BCUT2D eigenvalue weighted by molar-refractivity contribution is 9.10. The van der Waals surface area contributed by atoms with Gasteiger partial charge < -0.3 is 5.73 Å². The number of nitrogens with zero attached hydrogens (tertiary/aromatic N) is 1. The fourth-order valence-corrected chi connectivity index (χ4v) is 5.67. The van der Waals surface area contributed by atoms with Crippen LogP contribution in [0.1, 0.15) is 44.6 Å². The number of nitrogen functional groups attached to an aromatic ring is 1. The van der Waals surface area contributed by atoms with Gasteiger partial charge in [-0.25, -0.2) is 8.42 Å². The first-order valence-corrected chi connectivity index (χ1v) is 9.68. The van der Waals surface area contributed by atoms with Gasteiger partial charge in [-0.05, 0) is 37.5 Å². The van der Waals surface area contributed by atoms with Gasteiger partial charge in [-0.2, -0.15) is 4.31 Å². The molecule has 0 radical (unpaired) electrons. The van der Waals surface area contributed by atoms with Crippen LogP contribution in [0.15, 0.2) is 21.5 Å². The lowest BCUT2D eigenvalue weighted by molar-refractivity contribution is 0.261. The minimum atomic E-state index is -3.50. The van der Waals surface area contributed by atoms with E-state index in [9.17, 15) is 8.42 Å². The van der Waals surface area contributed by atoms with Crippen molar-refractivity contribution in [3.05, 3.63) is 22.2 Å². The quantitative estimate of drug-likeness (QED) is 0.817. The highest BCUT2D eigenvalue weighted by atomic mass is 79.9. The minimum absolute atomic E-state index is 0.119. The molecule has 4 nitrogen and oxygen atoms in total. The van der Waals surface area contributed by atoms with Crippen LogP contribution in [-0.2, 0) is 10.0 Å². The van der Waals surface area contributed by atoms with E-state index in [1.165, 1.54) is 6.42 Å². The number of hydrogen-bond donors (Lipinski definition) is 1. The summed E-state index contributed by atoms with van der Waals surface area (Å²) in [6.45, 7) is 4.17. The third kappa shape index (κ3) is 3.43. The van der Waals surface area contributed by atoms with E-state index >= 15 is 0 Å². The Bertz CT molecular complexity index is 610. The molecule has 0 amide bonds. The van der Waals surface area contributed by atoms with Crippen molar-refractivity contribution in [1.29, 1.82) is 0 Å². The maximum Gasteiger partial charge on any atom is 0.243 e. The first-order chi connectivity index (χ1) is 9.87. The predicted octanol–water partition coefficient (Wildman–Crippen LogP) is 3.68. The molecule has 1 fully saturated rings. The molecule has 1 aliphatic rings. The lowest BCUT2D eigenvalue weighted by Gasteiger charge is -2.33. The summed E-state index contributed by atoms with van der Waals surface area (Å²) in [4.78, 5) is 0.321.